The van der Waals surface area contributed by atoms with Crippen molar-refractivity contribution in [2.45, 2.75) is 70.2 Å². The van der Waals surface area contributed by atoms with Crippen molar-refractivity contribution in [3.05, 3.63) is 18.0 Å². The van der Waals surface area contributed by atoms with Gasteiger partial charge in [-0.25, -0.2) is 0 Å². The first-order valence-electron chi connectivity index (χ1n) is 8.84. The van der Waals surface area contributed by atoms with Crippen molar-refractivity contribution in [3.63, 3.8) is 0 Å². The topological polar surface area (TPSA) is 70.4 Å². The standard InChI is InChI=1S/C17H28N4O2/c1-12(2)21-15(8-9-18-21)17(23)19-13-6-5-7-14(16(13)22)20-10-3-4-11-20/h8-9,12-14,16,22H,3-7,10-11H2,1-2H3,(H,19,23)/t13-,14-,16-/m1/s1. The molecule has 1 saturated heterocycles. The third kappa shape index (κ3) is 3.43. The van der Waals surface area contributed by atoms with Crippen molar-refractivity contribution in [3.8, 4) is 0 Å². The Labute approximate surface area is 137 Å². The van der Waals surface area contributed by atoms with E-state index in [0.717, 1.165) is 32.4 Å². The largest absolute Gasteiger partial charge is 0.389 e. The zero-order valence-electron chi connectivity index (χ0n) is 14.1. The summed E-state index contributed by atoms with van der Waals surface area (Å²) in [4.78, 5) is 15.0. The van der Waals surface area contributed by atoms with Crippen molar-refractivity contribution in [1.29, 1.82) is 0 Å². The molecule has 6 nitrogen and oxygen atoms in total. The third-order valence-electron chi connectivity index (χ3n) is 5.14. The second kappa shape index (κ2) is 7.01. The number of aromatic nitrogens is 2. The highest BCUT2D eigenvalue weighted by Crippen LogP contribution is 2.27. The van der Waals surface area contributed by atoms with E-state index in [9.17, 15) is 9.90 Å². The molecular weight excluding hydrogens is 292 g/mol. The summed E-state index contributed by atoms with van der Waals surface area (Å²) in [6, 6.07) is 1.89. The van der Waals surface area contributed by atoms with Gasteiger partial charge in [0.15, 0.2) is 0 Å². The molecule has 2 fully saturated rings. The Hall–Kier alpha value is -1.40. The van der Waals surface area contributed by atoms with Crippen molar-refractivity contribution in [2.24, 2.45) is 0 Å². The van der Waals surface area contributed by atoms with Crippen molar-refractivity contribution in [1.82, 2.24) is 20.0 Å². The molecule has 0 aromatic carbocycles. The van der Waals surface area contributed by atoms with Crippen LogP contribution in [0, 0.1) is 0 Å². The Bertz CT molecular complexity index is 536. The highest BCUT2D eigenvalue weighted by Gasteiger charge is 2.37. The first-order chi connectivity index (χ1) is 11.1. The molecule has 2 heterocycles. The maximum absolute atomic E-state index is 12.6. The predicted octanol–water partition coefficient (Wildman–Crippen LogP) is 1.57. The van der Waals surface area contributed by atoms with Gasteiger partial charge in [0, 0.05) is 18.3 Å². The smallest absolute Gasteiger partial charge is 0.269 e. The van der Waals surface area contributed by atoms with Crippen LogP contribution >= 0.6 is 0 Å². The fraction of sp³-hybridized carbons (Fsp3) is 0.765. The van der Waals surface area contributed by atoms with E-state index < -0.39 is 6.10 Å². The Balaban J connectivity index is 1.66. The van der Waals surface area contributed by atoms with Gasteiger partial charge in [0.1, 0.15) is 5.69 Å². The molecule has 0 spiro atoms. The van der Waals surface area contributed by atoms with Gasteiger partial charge in [-0.05, 0) is 65.1 Å². The van der Waals surface area contributed by atoms with Crippen LogP contribution in [0.25, 0.3) is 0 Å². The number of carbonyl (C=O) groups is 1. The summed E-state index contributed by atoms with van der Waals surface area (Å²) in [6.07, 6.45) is 6.51. The van der Waals surface area contributed by atoms with E-state index in [1.165, 1.54) is 12.8 Å². The van der Waals surface area contributed by atoms with E-state index in [1.54, 1.807) is 16.9 Å². The molecule has 2 aliphatic rings. The molecule has 0 unspecified atom stereocenters. The summed E-state index contributed by atoms with van der Waals surface area (Å²) in [7, 11) is 0. The predicted molar refractivity (Wildman–Crippen MR) is 88.3 cm³/mol. The molecule has 1 aromatic heterocycles. The van der Waals surface area contributed by atoms with Crippen LogP contribution in [0.1, 0.15) is 62.5 Å². The summed E-state index contributed by atoms with van der Waals surface area (Å²) in [5.74, 6) is -0.137. The van der Waals surface area contributed by atoms with Gasteiger partial charge in [0.2, 0.25) is 0 Å². The van der Waals surface area contributed by atoms with Crippen LogP contribution in [-0.4, -0.2) is 57.0 Å². The maximum atomic E-state index is 12.6. The molecule has 1 aliphatic carbocycles. The summed E-state index contributed by atoms with van der Waals surface area (Å²) in [5.41, 5.74) is 0.565. The minimum Gasteiger partial charge on any atom is -0.389 e. The summed E-state index contributed by atoms with van der Waals surface area (Å²) in [6.45, 7) is 6.15. The molecule has 0 radical (unpaired) electrons. The van der Waals surface area contributed by atoms with Gasteiger partial charge in [-0.2, -0.15) is 5.10 Å². The van der Waals surface area contributed by atoms with Crippen LogP contribution in [0.5, 0.6) is 0 Å². The lowest BCUT2D eigenvalue weighted by molar-refractivity contribution is 0.00689. The number of carbonyl (C=O) groups excluding carboxylic acids is 1. The van der Waals surface area contributed by atoms with E-state index >= 15 is 0 Å². The van der Waals surface area contributed by atoms with Crippen LogP contribution in [0.3, 0.4) is 0 Å². The SMILES string of the molecule is CC(C)n1nccc1C(=O)N[C@@H]1CCC[C@@H](N2CCCC2)[C@@H]1O. The van der Waals surface area contributed by atoms with Crippen LogP contribution in [0.15, 0.2) is 12.3 Å². The third-order valence-corrected chi connectivity index (χ3v) is 5.14. The Morgan fingerprint density at radius 3 is 2.74 bits per heavy atom. The summed E-state index contributed by atoms with van der Waals surface area (Å²) in [5, 5.41) is 18.0. The zero-order valence-corrected chi connectivity index (χ0v) is 14.1. The molecular formula is C17H28N4O2. The number of amides is 1. The lowest BCUT2D eigenvalue weighted by Crippen LogP contribution is -2.56. The Kier molecular flexibility index (Phi) is 5.02. The van der Waals surface area contributed by atoms with Crippen LogP contribution < -0.4 is 5.32 Å². The Morgan fingerprint density at radius 1 is 1.30 bits per heavy atom. The van der Waals surface area contributed by atoms with Gasteiger partial charge in [-0.1, -0.05) is 0 Å². The normalized spacial score (nSPS) is 29.1. The number of nitrogens with one attached hydrogen (secondary N) is 1. The number of hydrogen-bond acceptors (Lipinski definition) is 4. The number of nitrogens with zero attached hydrogens (tertiary/aromatic N) is 3. The minimum atomic E-state index is -0.485. The van der Waals surface area contributed by atoms with Gasteiger partial charge >= 0.3 is 0 Å². The summed E-state index contributed by atoms with van der Waals surface area (Å²) >= 11 is 0. The molecule has 2 N–H and O–H groups in total. The fourth-order valence-electron chi connectivity index (χ4n) is 3.93. The first-order valence-corrected chi connectivity index (χ1v) is 8.84. The highest BCUT2D eigenvalue weighted by molar-refractivity contribution is 5.92. The van der Waals surface area contributed by atoms with Crippen molar-refractivity contribution in [2.75, 3.05) is 13.1 Å². The van der Waals surface area contributed by atoms with E-state index in [2.05, 4.69) is 15.3 Å². The fourth-order valence-corrected chi connectivity index (χ4v) is 3.93. The summed E-state index contributed by atoms with van der Waals surface area (Å²) < 4.78 is 1.72. The van der Waals surface area contributed by atoms with Gasteiger partial charge in [0.25, 0.3) is 5.91 Å². The molecule has 128 valence electrons. The molecule has 1 amide bonds. The van der Waals surface area contributed by atoms with E-state index in [-0.39, 0.29) is 24.0 Å². The first kappa shape index (κ1) is 16.5. The van der Waals surface area contributed by atoms with Crippen molar-refractivity contribution >= 4 is 5.91 Å². The number of hydrogen-bond donors (Lipinski definition) is 2. The molecule has 23 heavy (non-hydrogen) atoms. The number of likely N-dealkylation sites (tertiary alicyclic amines) is 1. The van der Waals surface area contributed by atoms with Crippen LogP contribution in [0.2, 0.25) is 0 Å². The average molecular weight is 320 g/mol. The highest BCUT2D eigenvalue weighted by atomic mass is 16.3. The maximum Gasteiger partial charge on any atom is 0.269 e. The second-order valence-electron chi connectivity index (χ2n) is 7.07. The molecule has 3 atom stereocenters. The quantitative estimate of drug-likeness (QED) is 0.883. The Morgan fingerprint density at radius 2 is 2.04 bits per heavy atom. The molecule has 1 saturated carbocycles. The van der Waals surface area contributed by atoms with Crippen LogP contribution in [-0.2, 0) is 0 Å². The average Bonchev–Trinajstić information content (AvgIpc) is 3.20. The van der Waals surface area contributed by atoms with Gasteiger partial charge in [-0.3, -0.25) is 14.4 Å². The molecule has 6 heteroatoms. The second-order valence-corrected chi connectivity index (χ2v) is 7.07. The number of aliphatic hydroxyl groups excluding tert-OH is 1. The molecule has 1 aromatic rings. The van der Waals surface area contributed by atoms with Gasteiger partial charge in [0.05, 0.1) is 12.1 Å². The number of rotatable bonds is 4. The van der Waals surface area contributed by atoms with Gasteiger partial charge in [-0.15, -0.1) is 0 Å². The minimum absolute atomic E-state index is 0.137. The monoisotopic (exact) mass is 320 g/mol. The molecule has 1 aliphatic heterocycles. The molecule has 3 rings (SSSR count). The van der Waals surface area contributed by atoms with Gasteiger partial charge < -0.3 is 10.4 Å². The molecule has 0 bridgehead atoms. The van der Waals surface area contributed by atoms with Crippen molar-refractivity contribution < 1.29 is 9.90 Å². The zero-order chi connectivity index (χ0) is 16.4. The lowest BCUT2D eigenvalue weighted by Gasteiger charge is -2.40. The number of aliphatic hydroxyl groups is 1. The van der Waals surface area contributed by atoms with E-state index in [0.29, 0.717) is 5.69 Å². The van der Waals surface area contributed by atoms with Crippen LogP contribution in [0.4, 0.5) is 0 Å². The lowest BCUT2D eigenvalue weighted by atomic mass is 9.87. The van der Waals surface area contributed by atoms with E-state index in [1.807, 2.05) is 13.8 Å². The van der Waals surface area contributed by atoms with E-state index in [4.69, 9.17) is 0 Å².